The second kappa shape index (κ2) is 7.75. The summed E-state index contributed by atoms with van der Waals surface area (Å²) in [6.45, 7) is 0.456. The van der Waals surface area contributed by atoms with Crippen molar-refractivity contribution >= 4 is 11.6 Å². The number of carbonyl (C=O) groups is 1. The Hall–Kier alpha value is -3.67. The molecule has 148 valence electrons. The molecule has 0 aromatic heterocycles. The van der Waals surface area contributed by atoms with Crippen LogP contribution in [0.15, 0.2) is 66.7 Å². The number of rotatable bonds is 5. The molecule has 1 atom stereocenters. The van der Waals surface area contributed by atoms with Gasteiger partial charge in [0.25, 0.3) is 5.91 Å². The Morgan fingerprint density at radius 2 is 1.79 bits per heavy atom. The lowest BCUT2D eigenvalue weighted by molar-refractivity contribution is 0.0684. The summed E-state index contributed by atoms with van der Waals surface area (Å²) in [6, 6.07) is 19.5. The Morgan fingerprint density at radius 1 is 1.03 bits per heavy atom. The van der Waals surface area contributed by atoms with Gasteiger partial charge in [-0.25, -0.2) is 0 Å². The number of ether oxygens (including phenoxy) is 1. The zero-order chi connectivity index (χ0) is 20.4. The van der Waals surface area contributed by atoms with Crippen LogP contribution in [0.4, 0.5) is 5.69 Å². The van der Waals surface area contributed by atoms with Crippen molar-refractivity contribution < 1.29 is 19.7 Å². The third kappa shape index (κ3) is 3.69. The van der Waals surface area contributed by atoms with Crippen molar-refractivity contribution in [2.24, 2.45) is 0 Å². The quantitative estimate of drug-likeness (QED) is 0.615. The molecule has 1 aliphatic rings. The van der Waals surface area contributed by atoms with Gasteiger partial charge >= 0.3 is 0 Å². The maximum atomic E-state index is 13.2. The normalized spacial score (nSPS) is 15.6. The monoisotopic (exact) mass is 390 g/mol. The molecule has 4 rings (SSSR count). The minimum atomic E-state index is -0.545. The zero-order valence-corrected chi connectivity index (χ0v) is 16.0. The number of nitrogens with one attached hydrogen (secondary N) is 1. The second-order valence-electron chi connectivity index (χ2n) is 6.93. The van der Waals surface area contributed by atoms with Crippen LogP contribution in [0.5, 0.6) is 17.2 Å². The number of phenols is 2. The first-order valence-electron chi connectivity index (χ1n) is 9.38. The lowest BCUT2D eigenvalue weighted by Gasteiger charge is -2.38. The molecule has 29 heavy (non-hydrogen) atoms. The number of amides is 1. The number of anilines is 1. The lowest BCUT2D eigenvalue weighted by Crippen LogP contribution is -2.44. The predicted octanol–water partition coefficient (Wildman–Crippen LogP) is 3.92. The number of phenolic OH excluding ortho intramolecular Hbond substituents is 2. The van der Waals surface area contributed by atoms with Crippen molar-refractivity contribution in [1.82, 2.24) is 4.90 Å². The van der Waals surface area contributed by atoms with Gasteiger partial charge < -0.3 is 25.2 Å². The number of methoxy groups -OCH3 is 1. The molecular formula is C23H22N2O4. The van der Waals surface area contributed by atoms with Gasteiger partial charge in [-0.2, -0.15) is 0 Å². The SMILES string of the molecule is COc1ccc(CCN2C(=O)c3ccccc3N[C@H]2c2ccc(O)cc2O)cc1. The van der Waals surface area contributed by atoms with Crippen LogP contribution in [0, 0.1) is 0 Å². The van der Waals surface area contributed by atoms with Crippen molar-refractivity contribution in [3.05, 3.63) is 83.4 Å². The van der Waals surface area contributed by atoms with E-state index in [9.17, 15) is 15.0 Å². The first kappa shape index (κ1) is 18.7. The summed E-state index contributed by atoms with van der Waals surface area (Å²) in [4.78, 5) is 14.9. The van der Waals surface area contributed by atoms with Crippen molar-refractivity contribution in [1.29, 1.82) is 0 Å². The number of carbonyl (C=O) groups excluding carboxylic acids is 1. The molecule has 0 bridgehead atoms. The fourth-order valence-corrected chi connectivity index (χ4v) is 3.57. The van der Waals surface area contributed by atoms with Gasteiger partial charge in [-0.15, -0.1) is 0 Å². The zero-order valence-electron chi connectivity index (χ0n) is 16.0. The lowest BCUT2D eigenvalue weighted by atomic mass is 10.0. The van der Waals surface area contributed by atoms with Gasteiger partial charge in [0, 0.05) is 23.9 Å². The molecule has 1 aliphatic heterocycles. The fraction of sp³-hybridized carbons (Fsp3) is 0.174. The highest BCUT2D eigenvalue weighted by Crippen LogP contribution is 2.37. The van der Waals surface area contributed by atoms with Crippen molar-refractivity contribution in [2.45, 2.75) is 12.6 Å². The van der Waals surface area contributed by atoms with Crippen molar-refractivity contribution in [3.63, 3.8) is 0 Å². The van der Waals surface area contributed by atoms with Crippen LogP contribution in [-0.2, 0) is 6.42 Å². The number of hydrogen-bond acceptors (Lipinski definition) is 5. The average molecular weight is 390 g/mol. The van der Waals surface area contributed by atoms with Crippen LogP contribution >= 0.6 is 0 Å². The Bertz CT molecular complexity index is 1030. The summed E-state index contributed by atoms with van der Waals surface area (Å²) in [6.07, 6.45) is 0.103. The maximum Gasteiger partial charge on any atom is 0.257 e. The van der Waals surface area contributed by atoms with Crippen molar-refractivity contribution in [3.8, 4) is 17.2 Å². The molecule has 0 saturated carbocycles. The van der Waals surface area contributed by atoms with E-state index in [4.69, 9.17) is 4.74 Å². The van der Waals surface area contributed by atoms with E-state index in [1.165, 1.54) is 12.1 Å². The predicted molar refractivity (Wildman–Crippen MR) is 110 cm³/mol. The Balaban J connectivity index is 1.65. The molecule has 0 fully saturated rings. The molecule has 6 nitrogen and oxygen atoms in total. The van der Waals surface area contributed by atoms with Gasteiger partial charge in [-0.3, -0.25) is 4.79 Å². The standard InChI is InChI=1S/C23H22N2O4/c1-29-17-9-6-15(7-10-17)12-13-25-22(19-11-8-16(26)14-21(19)27)24-20-5-3-2-4-18(20)23(25)28/h2-11,14,22,24,26-27H,12-13H2,1H3/t22-/m1/s1. The van der Waals surface area contributed by atoms with E-state index in [0.29, 0.717) is 24.1 Å². The first-order valence-corrected chi connectivity index (χ1v) is 9.38. The molecule has 3 N–H and O–H groups in total. The number of fused-ring (bicyclic) bond motifs is 1. The Kier molecular flexibility index (Phi) is 4.99. The highest BCUT2D eigenvalue weighted by Gasteiger charge is 2.33. The summed E-state index contributed by atoms with van der Waals surface area (Å²) in [7, 11) is 1.62. The van der Waals surface area contributed by atoms with E-state index >= 15 is 0 Å². The van der Waals surface area contributed by atoms with E-state index < -0.39 is 6.17 Å². The van der Waals surface area contributed by atoms with Gasteiger partial charge in [0.2, 0.25) is 0 Å². The van der Waals surface area contributed by atoms with Crippen LogP contribution < -0.4 is 10.1 Å². The minimum Gasteiger partial charge on any atom is -0.508 e. The smallest absolute Gasteiger partial charge is 0.257 e. The number of hydrogen-bond donors (Lipinski definition) is 3. The third-order valence-corrected chi connectivity index (χ3v) is 5.13. The van der Waals surface area contributed by atoms with Crippen LogP contribution in [0.1, 0.15) is 27.7 Å². The average Bonchev–Trinajstić information content (AvgIpc) is 2.73. The number of nitrogens with zero attached hydrogens (tertiary/aromatic N) is 1. The van der Waals surface area contributed by atoms with Crippen LogP contribution in [0.25, 0.3) is 0 Å². The molecule has 6 heteroatoms. The largest absolute Gasteiger partial charge is 0.508 e. The molecule has 3 aromatic rings. The number of aromatic hydroxyl groups is 2. The molecule has 1 amide bonds. The third-order valence-electron chi connectivity index (χ3n) is 5.13. The summed E-state index contributed by atoms with van der Waals surface area (Å²) >= 11 is 0. The highest BCUT2D eigenvalue weighted by molar-refractivity contribution is 6.01. The molecular weight excluding hydrogens is 368 g/mol. The Labute approximate surface area is 169 Å². The minimum absolute atomic E-state index is 0.0291. The molecule has 0 saturated heterocycles. The number of benzene rings is 3. The van der Waals surface area contributed by atoms with Gasteiger partial charge in [-0.05, 0) is 48.4 Å². The Morgan fingerprint density at radius 3 is 2.52 bits per heavy atom. The van der Waals surface area contributed by atoms with Gasteiger partial charge in [-0.1, -0.05) is 24.3 Å². The van der Waals surface area contributed by atoms with E-state index in [-0.39, 0.29) is 17.4 Å². The second-order valence-corrected chi connectivity index (χ2v) is 6.93. The van der Waals surface area contributed by atoms with E-state index in [1.54, 1.807) is 24.1 Å². The maximum absolute atomic E-state index is 13.2. The summed E-state index contributed by atoms with van der Waals surface area (Å²) < 4.78 is 5.19. The summed E-state index contributed by atoms with van der Waals surface area (Å²) in [5, 5.41) is 23.4. The fourth-order valence-electron chi connectivity index (χ4n) is 3.57. The summed E-state index contributed by atoms with van der Waals surface area (Å²) in [5.74, 6) is 0.582. The van der Waals surface area contributed by atoms with Gasteiger partial charge in [0.1, 0.15) is 23.4 Å². The van der Waals surface area contributed by atoms with Gasteiger partial charge in [0.15, 0.2) is 0 Å². The molecule has 0 unspecified atom stereocenters. The van der Waals surface area contributed by atoms with Crippen LogP contribution in [0.2, 0.25) is 0 Å². The highest BCUT2D eigenvalue weighted by atomic mass is 16.5. The molecule has 3 aromatic carbocycles. The first-order chi connectivity index (χ1) is 14.1. The molecule has 0 aliphatic carbocycles. The molecule has 0 radical (unpaired) electrons. The topological polar surface area (TPSA) is 82.0 Å². The van der Waals surface area contributed by atoms with E-state index in [1.807, 2.05) is 42.5 Å². The van der Waals surface area contributed by atoms with E-state index in [2.05, 4.69) is 5.32 Å². The molecule has 1 heterocycles. The summed E-state index contributed by atoms with van der Waals surface area (Å²) in [5.41, 5.74) is 2.92. The van der Waals surface area contributed by atoms with E-state index in [0.717, 1.165) is 17.0 Å². The van der Waals surface area contributed by atoms with Crippen LogP contribution in [-0.4, -0.2) is 34.7 Å². The number of para-hydroxylation sites is 1. The van der Waals surface area contributed by atoms with Crippen molar-refractivity contribution in [2.75, 3.05) is 19.0 Å². The van der Waals surface area contributed by atoms with Gasteiger partial charge in [0.05, 0.1) is 12.7 Å². The molecule has 0 spiro atoms. The van der Waals surface area contributed by atoms with Crippen LogP contribution in [0.3, 0.4) is 0 Å².